The van der Waals surface area contributed by atoms with Gasteiger partial charge in [-0.3, -0.25) is 4.79 Å². The first-order valence-corrected chi connectivity index (χ1v) is 5.85. The molecule has 0 aromatic heterocycles. The number of hydrogen-bond acceptors (Lipinski definition) is 2. The van der Waals surface area contributed by atoms with Crippen LogP contribution in [0.4, 0.5) is 0 Å². The van der Waals surface area contributed by atoms with Crippen molar-refractivity contribution in [1.82, 2.24) is 0 Å². The Hall–Kier alpha value is -2.11. The summed E-state index contributed by atoms with van der Waals surface area (Å²) >= 11 is 6.03. The van der Waals surface area contributed by atoms with Crippen LogP contribution in [0.2, 0.25) is 5.02 Å². The summed E-state index contributed by atoms with van der Waals surface area (Å²) in [6, 6.07) is 17.7. The van der Waals surface area contributed by atoms with E-state index in [1.807, 2.05) is 12.1 Å². The average Bonchev–Trinajstić information content (AvgIpc) is 2.42. The molecule has 18 heavy (non-hydrogen) atoms. The van der Waals surface area contributed by atoms with Crippen LogP contribution in [-0.4, -0.2) is 5.78 Å². The zero-order chi connectivity index (χ0) is 13.0. The van der Waals surface area contributed by atoms with Crippen molar-refractivity contribution < 1.29 is 4.79 Å². The minimum Gasteiger partial charge on any atom is -0.292 e. The van der Waals surface area contributed by atoms with Crippen molar-refractivity contribution in [3.8, 4) is 6.07 Å². The summed E-state index contributed by atoms with van der Waals surface area (Å²) in [6.07, 6.45) is 0. The molecule has 2 rings (SSSR count). The van der Waals surface area contributed by atoms with Crippen molar-refractivity contribution >= 4 is 17.4 Å². The number of carbonyl (C=O) groups excluding carboxylic acids is 1. The molecule has 0 radical (unpaired) electrons. The van der Waals surface area contributed by atoms with Gasteiger partial charge in [-0.15, -0.1) is 0 Å². The van der Waals surface area contributed by atoms with Crippen LogP contribution >= 0.6 is 11.6 Å². The molecule has 0 saturated heterocycles. The highest BCUT2D eigenvalue weighted by atomic mass is 35.5. The predicted molar refractivity (Wildman–Crippen MR) is 70.6 cm³/mol. The van der Waals surface area contributed by atoms with E-state index in [4.69, 9.17) is 11.6 Å². The average molecular weight is 256 g/mol. The van der Waals surface area contributed by atoms with E-state index in [1.54, 1.807) is 48.5 Å². The minimum atomic E-state index is -0.860. The lowest BCUT2D eigenvalue weighted by Gasteiger charge is -2.10. The maximum atomic E-state index is 12.2. The highest BCUT2D eigenvalue weighted by molar-refractivity contribution is 6.31. The molecule has 0 heterocycles. The summed E-state index contributed by atoms with van der Waals surface area (Å²) < 4.78 is 0. The van der Waals surface area contributed by atoms with Gasteiger partial charge in [0, 0.05) is 10.6 Å². The largest absolute Gasteiger partial charge is 0.292 e. The fraction of sp³-hybridized carbons (Fsp3) is 0.0667. The predicted octanol–water partition coefficient (Wildman–Crippen LogP) is 3.83. The summed E-state index contributed by atoms with van der Waals surface area (Å²) in [5, 5.41) is 9.64. The van der Waals surface area contributed by atoms with Gasteiger partial charge in [-0.1, -0.05) is 60.1 Å². The van der Waals surface area contributed by atoms with Crippen molar-refractivity contribution in [2.75, 3.05) is 0 Å². The molecule has 0 saturated carbocycles. The van der Waals surface area contributed by atoms with E-state index < -0.39 is 5.92 Å². The van der Waals surface area contributed by atoms with Crippen molar-refractivity contribution in [2.45, 2.75) is 5.92 Å². The maximum absolute atomic E-state index is 12.2. The van der Waals surface area contributed by atoms with Crippen LogP contribution < -0.4 is 0 Å². The van der Waals surface area contributed by atoms with E-state index in [1.165, 1.54) is 0 Å². The second kappa shape index (κ2) is 5.48. The standard InChI is InChI=1S/C15H10ClNO/c16-14-9-5-4-8-12(14)13(10-17)15(18)11-6-2-1-3-7-11/h1-9,13H. The molecule has 88 valence electrons. The fourth-order valence-electron chi connectivity index (χ4n) is 1.75. The molecule has 0 aliphatic heterocycles. The van der Waals surface area contributed by atoms with E-state index in [0.29, 0.717) is 16.1 Å². The number of hydrogen-bond donors (Lipinski definition) is 0. The molecule has 1 atom stereocenters. The monoisotopic (exact) mass is 255 g/mol. The Morgan fingerprint density at radius 3 is 2.28 bits per heavy atom. The van der Waals surface area contributed by atoms with Crippen LogP contribution in [0.1, 0.15) is 21.8 Å². The fourth-order valence-corrected chi connectivity index (χ4v) is 1.99. The molecule has 0 aliphatic rings. The Morgan fingerprint density at radius 2 is 1.67 bits per heavy atom. The molecular formula is C15H10ClNO. The number of ketones is 1. The van der Waals surface area contributed by atoms with Gasteiger partial charge in [0.1, 0.15) is 5.92 Å². The Kier molecular flexibility index (Phi) is 3.76. The SMILES string of the molecule is N#CC(C(=O)c1ccccc1)c1ccccc1Cl. The summed E-state index contributed by atoms with van der Waals surface area (Å²) in [6.45, 7) is 0. The zero-order valence-electron chi connectivity index (χ0n) is 9.51. The van der Waals surface area contributed by atoms with Gasteiger partial charge in [-0.2, -0.15) is 5.26 Å². The second-order valence-electron chi connectivity index (χ2n) is 3.81. The van der Waals surface area contributed by atoms with Gasteiger partial charge in [-0.05, 0) is 11.6 Å². The van der Waals surface area contributed by atoms with Gasteiger partial charge < -0.3 is 0 Å². The molecule has 1 unspecified atom stereocenters. The molecule has 2 nitrogen and oxygen atoms in total. The molecule has 2 aromatic carbocycles. The Balaban J connectivity index is 2.40. The molecule has 0 aliphatic carbocycles. The Labute approximate surface area is 110 Å². The molecule has 0 spiro atoms. The van der Waals surface area contributed by atoms with Gasteiger partial charge >= 0.3 is 0 Å². The number of halogens is 1. The lowest BCUT2D eigenvalue weighted by Crippen LogP contribution is -2.11. The number of benzene rings is 2. The Morgan fingerprint density at radius 1 is 1.06 bits per heavy atom. The number of rotatable bonds is 3. The lowest BCUT2D eigenvalue weighted by atomic mass is 9.92. The van der Waals surface area contributed by atoms with Gasteiger partial charge in [0.2, 0.25) is 0 Å². The van der Waals surface area contributed by atoms with Crippen LogP contribution in [0, 0.1) is 11.3 Å². The van der Waals surface area contributed by atoms with E-state index in [0.717, 1.165) is 0 Å². The number of nitrogens with zero attached hydrogens (tertiary/aromatic N) is 1. The molecule has 0 N–H and O–H groups in total. The summed E-state index contributed by atoms with van der Waals surface area (Å²) in [7, 11) is 0. The summed E-state index contributed by atoms with van der Waals surface area (Å²) in [4.78, 5) is 12.2. The molecule has 0 amide bonds. The third-order valence-corrected chi connectivity index (χ3v) is 3.01. The topological polar surface area (TPSA) is 40.9 Å². The molecular weight excluding hydrogens is 246 g/mol. The maximum Gasteiger partial charge on any atom is 0.184 e. The van der Waals surface area contributed by atoms with Crippen LogP contribution in [0.3, 0.4) is 0 Å². The number of nitriles is 1. The normalized spacial score (nSPS) is 11.6. The van der Waals surface area contributed by atoms with Crippen molar-refractivity contribution in [2.24, 2.45) is 0 Å². The molecule has 0 fully saturated rings. The van der Waals surface area contributed by atoms with Crippen molar-refractivity contribution in [3.63, 3.8) is 0 Å². The van der Waals surface area contributed by atoms with Crippen LogP contribution in [0.15, 0.2) is 54.6 Å². The summed E-state index contributed by atoms with van der Waals surface area (Å²) in [5.74, 6) is -1.09. The number of carbonyl (C=O) groups is 1. The molecule has 2 aromatic rings. The van der Waals surface area contributed by atoms with Crippen molar-refractivity contribution in [1.29, 1.82) is 5.26 Å². The molecule has 0 bridgehead atoms. The van der Waals surface area contributed by atoms with E-state index in [-0.39, 0.29) is 5.78 Å². The quantitative estimate of drug-likeness (QED) is 0.782. The highest BCUT2D eigenvalue weighted by Gasteiger charge is 2.23. The van der Waals surface area contributed by atoms with Gasteiger partial charge in [0.05, 0.1) is 6.07 Å². The van der Waals surface area contributed by atoms with Gasteiger partial charge in [-0.25, -0.2) is 0 Å². The first-order chi connectivity index (χ1) is 8.74. The second-order valence-corrected chi connectivity index (χ2v) is 4.22. The smallest absolute Gasteiger partial charge is 0.184 e. The van der Waals surface area contributed by atoms with Crippen molar-refractivity contribution in [3.05, 3.63) is 70.7 Å². The lowest BCUT2D eigenvalue weighted by molar-refractivity contribution is 0.0979. The third kappa shape index (κ3) is 2.42. The number of Topliss-reactive ketones (excluding diaryl/α,β-unsaturated/α-hetero) is 1. The van der Waals surface area contributed by atoms with Gasteiger partial charge in [0.15, 0.2) is 5.78 Å². The minimum absolute atomic E-state index is 0.230. The van der Waals surface area contributed by atoms with E-state index in [2.05, 4.69) is 0 Å². The summed E-state index contributed by atoms with van der Waals surface area (Å²) in [5.41, 5.74) is 1.07. The molecule has 3 heteroatoms. The van der Waals surface area contributed by atoms with Crippen LogP contribution in [-0.2, 0) is 0 Å². The van der Waals surface area contributed by atoms with E-state index in [9.17, 15) is 10.1 Å². The third-order valence-electron chi connectivity index (χ3n) is 2.67. The van der Waals surface area contributed by atoms with E-state index >= 15 is 0 Å². The van der Waals surface area contributed by atoms with Crippen LogP contribution in [0.5, 0.6) is 0 Å². The Bertz CT molecular complexity index is 601. The zero-order valence-corrected chi connectivity index (χ0v) is 10.3. The van der Waals surface area contributed by atoms with Gasteiger partial charge in [0.25, 0.3) is 0 Å². The first-order valence-electron chi connectivity index (χ1n) is 5.47. The van der Waals surface area contributed by atoms with Crippen LogP contribution in [0.25, 0.3) is 0 Å². The highest BCUT2D eigenvalue weighted by Crippen LogP contribution is 2.26. The first kappa shape index (κ1) is 12.3.